The highest BCUT2D eigenvalue weighted by Crippen LogP contribution is 2.43. The van der Waals surface area contributed by atoms with E-state index in [1.807, 2.05) is 12.1 Å². The highest BCUT2D eigenvalue weighted by Gasteiger charge is 2.43. The zero-order valence-electron chi connectivity index (χ0n) is 19.4. The van der Waals surface area contributed by atoms with Gasteiger partial charge in [-0.25, -0.2) is 4.79 Å². The zero-order chi connectivity index (χ0) is 22.6. The van der Waals surface area contributed by atoms with Crippen LogP contribution in [0.5, 0.6) is 0 Å². The summed E-state index contributed by atoms with van der Waals surface area (Å²) >= 11 is 0. The van der Waals surface area contributed by atoms with Gasteiger partial charge in [-0.05, 0) is 55.7 Å². The van der Waals surface area contributed by atoms with E-state index in [2.05, 4.69) is 50.4 Å². The Morgan fingerprint density at radius 1 is 0.903 bits per heavy atom. The molecule has 166 valence electrons. The molecule has 0 unspecified atom stereocenters. The second-order valence-corrected chi connectivity index (χ2v) is 10.0. The van der Waals surface area contributed by atoms with Gasteiger partial charge >= 0.3 is 5.97 Å². The molecule has 3 atom stereocenters. The number of esters is 1. The van der Waals surface area contributed by atoms with Crippen molar-refractivity contribution in [3.05, 3.63) is 71.8 Å². The molecule has 0 radical (unpaired) electrons. The highest BCUT2D eigenvalue weighted by molar-refractivity contribution is 5.97. The lowest BCUT2D eigenvalue weighted by Gasteiger charge is -2.44. The van der Waals surface area contributed by atoms with Crippen molar-refractivity contribution in [2.75, 3.05) is 0 Å². The zero-order valence-corrected chi connectivity index (χ0v) is 19.4. The van der Waals surface area contributed by atoms with Gasteiger partial charge in [-0.1, -0.05) is 75.7 Å². The summed E-state index contributed by atoms with van der Waals surface area (Å²) in [5.41, 5.74) is 0.545. The fraction of sp³-hybridized carbons (Fsp3) is 0.481. The average molecular weight is 422 g/mol. The summed E-state index contributed by atoms with van der Waals surface area (Å²) in [5.74, 6) is 0.0591. The molecule has 0 aliphatic heterocycles. The summed E-state index contributed by atoms with van der Waals surface area (Å²) in [6.45, 7) is 10.1. The van der Waals surface area contributed by atoms with E-state index in [1.54, 1.807) is 38.1 Å². The Morgan fingerprint density at radius 2 is 1.48 bits per heavy atom. The van der Waals surface area contributed by atoms with Gasteiger partial charge in [0.1, 0.15) is 11.6 Å². The predicted molar refractivity (Wildman–Crippen MR) is 124 cm³/mol. The lowest BCUT2D eigenvalue weighted by molar-refractivity contribution is -0.163. The summed E-state index contributed by atoms with van der Waals surface area (Å²) in [5, 5.41) is 2.84. The van der Waals surface area contributed by atoms with Crippen LogP contribution in [0.1, 0.15) is 69.8 Å². The SMILES string of the molecule is C[C@@H]1CC[C@@H](C(C)(C)c2ccccc2)[C@H](OC(=O)C(C)(C)NC(=O)c2ccccc2)C1. The van der Waals surface area contributed by atoms with Gasteiger partial charge in [0.25, 0.3) is 5.91 Å². The summed E-state index contributed by atoms with van der Waals surface area (Å²) in [7, 11) is 0. The van der Waals surface area contributed by atoms with Gasteiger partial charge in [0.15, 0.2) is 0 Å². The fourth-order valence-corrected chi connectivity index (χ4v) is 4.65. The monoisotopic (exact) mass is 421 g/mol. The molecule has 1 aliphatic carbocycles. The molecular weight excluding hydrogens is 386 g/mol. The molecular formula is C27H35NO3. The number of benzene rings is 2. The van der Waals surface area contributed by atoms with E-state index in [1.165, 1.54) is 5.56 Å². The molecule has 1 saturated carbocycles. The Bertz CT molecular complexity index is 889. The number of amides is 1. The Hall–Kier alpha value is -2.62. The van der Waals surface area contributed by atoms with Gasteiger partial charge < -0.3 is 10.1 Å². The first-order valence-electron chi connectivity index (χ1n) is 11.3. The molecule has 0 heterocycles. The molecule has 4 nitrogen and oxygen atoms in total. The lowest BCUT2D eigenvalue weighted by atomic mass is 9.64. The third-order valence-electron chi connectivity index (χ3n) is 6.73. The molecule has 1 amide bonds. The maximum absolute atomic E-state index is 13.2. The molecule has 0 bridgehead atoms. The van der Waals surface area contributed by atoms with Crippen LogP contribution in [0.15, 0.2) is 60.7 Å². The second-order valence-electron chi connectivity index (χ2n) is 10.0. The van der Waals surface area contributed by atoms with Gasteiger partial charge in [-0.3, -0.25) is 4.79 Å². The van der Waals surface area contributed by atoms with Crippen LogP contribution in [0.3, 0.4) is 0 Å². The maximum atomic E-state index is 13.2. The van der Waals surface area contributed by atoms with E-state index in [9.17, 15) is 9.59 Å². The summed E-state index contributed by atoms with van der Waals surface area (Å²) < 4.78 is 6.13. The molecule has 1 aliphatic rings. The minimum absolute atomic E-state index is 0.121. The van der Waals surface area contributed by atoms with E-state index >= 15 is 0 Å². The van der Waals surface area contributed by atoms with Crippen LogP contribution >= 0.6 is 0 Å². The molecule has 1 N–H and O–H groups in total. The van der Waals surface area contributed by atoms with Gasteiger partial charge in [-0.15, -0.1) is 0 Å². The summed E-state index contributed by atoms with van der Waals surface area (Å²) in [4.78, 5) is 25.8. The topological polar surface area (TPSA) is 55.4 Å². The van der Waals surface area contributed by atoms with Crippen LogP contribution in [-0.2, 0) is 14.9 Å². The average Bonchev–Trinajstić information content (AvgIpc) is 2.74. The molecule has 31 heavy (non-hydrogen) atoms. The van der Waals surface area contributed by atoms with Crippen LogP contribution in [0.2, 0.25) is 0 Å². The molecule has 2 aromatic rings. The Morgan fingerprint density at radius 3 is 2.10 bits per heavy atom. The minimum atomic E-state index is -1.12. The predicted octanol–water partition coefficient (Wildman–Crippen LogP) is 5.52. The Labute approximate surface area is 186 Å². The minimum Gasteiger partial charge on any atom is -0.460 e. The molecule has 0 spiro atoms. The van der Waals surface area contributed by atoms with Gasteiger partial charge in [-0.2, -0.15) is 0 Å². The summed E-state index contributed by atoms with van der Waals surface area (Å²) in [6.07, 6.45) is 2.80. The highest BCUT2D eigenvalue weighted by atomic mass is 16.5. The lowest BCUT2D eigenvalue weighted by Crippen LogP contribution is -2.53. The van der Waals surface area contributed by atoms with Gasteiger partial charge in [0, 0.05) is 11.5 Å². The van der Waals surface area contributed by atoms with Gasteiger partial charge in [0.05, 0.1) is 0 Å². The molecule has 3 rings (SSSR count). The van der Waals surface area contributed by atoms with Crippen LogP contribution in [-0.4, -0.2) is 23.5 Å². The molecule has 0 aromatic heterocycles. The second kappa shape index (κ2) is 9.25. The molecule has 0 saturated heterocycles. The quantitative estimate of drug-likeness (QED) is 0.625. The van der Waals surface area contributed by atoms with Crippen molar-refractivity contribution in [3.8, 4) is 0 Å². The Kier molecular flexibility index (Phi) is 6.88. The Balaban J connectivity index is 1.75. The van der Waals surface area contributed by atoms with Crippen molar-refractivity contribution < 1.29 is 14.3 Å². The van der Waals surface area contributed by atoms with Crippen LogP contribution < -0.4 is 5.32 Å². The molecule has 2 aromatic carbocycles. The van der Waals surface area contributed by atoms with Crippen molar-refractivity contribution >= 4 is 11.9 Å². The van der Waals surface area contributed by atoms with E-state index in [0.29, 0.717) is 11.5 Å². The number of hydrogen-bond donors (Lipinski definition) is 1. The number of rotatable bonds is 6. The molecule has 4 heteroatoms. The van der Waals surface area contributed by atoms with Crippen molar-refractivity contribution in [1.82, 2.24) is 5.32 Å². The van der Waals surface area contributed by atoms with Crippen LogP contribution in [0, 0.1) is 11.8 Å². The molecule has 1 fully saturated rings. The van der Waals surface area contributed by atoms with Crippen molar-refractivity contribution in [2.45, 2.75) is 70.9 Å². The van der Waals surface area contributed by atoms with Gasteiger partial charge in [0.2, 0.25) is 0 Å². The van der Waals surface area contributed by atoms with E-state index in [0.717, 1.165) is 19.3 Å². The van der Waals surface area contributed by atoms with E-state index in [4.69, 9.17) is 4.74 Å². The number of carbonyl (C=O) groups is 2. The normalized spacial score (nSPS) is 21.9. The third-order valence-corrected chi connectivity index (χ3v) is 6.73. The first-order chi connectivity index (χ1) is 14.6. The third kappa shape index (κ3) is 5.36. The number of ether oxygens (including phenoxy) is 1. The maximum Gasteiger partial charge on any atom is 0.331 e. The van der Waals surface area contributed by atoms with Crippen molar-refractivity contribution in [2.24, 2.45) is 11.8 Å². The standard InChI is InChI=1S/C27H35NO3/c1-19-16-17-22(26(2,3)21-14-10-7-11-15-21)23(18-19)31-25(30)27(4,5)28-24(29)20-12-8-6-9-13-20/h6-15,19,22-23H,16-18H2,1-5H3,(H,28,29)/t19-,22-,23-/m1/s1. The summed E-state index contributed by atoms with van der Waals surface area (Å²) in [6, 6.07) is 19.4. The smallest absolute Gasteiger partial charge is 0.331 e. The van der Waals surface area contributed by atoms with Crippen molar-refractivity contribution in [1.29, 1.82) is 0 Å². The van der Waals surface area contributed by atoms with E-state index in [-0.39, 0.29) is 29.3 Å². The van der Waals surface area contributed by atoms with Crippen molar-refractivity contribution in [3.63, 3.8) is 0 Å². The largest absolute Gasteiger partial charge is 0.460 e. The number of carbonyl (C=O) groups excluding carboxylic acids is 2. The fourth-order valence-electron chi connectivity index (χ4n) is 4.65. The van der Waals surface area contributed by atoms with E-state index < -0.39 is 5.54 Å². The number of hydrogen-bond acceptors (Lipinski definition) is 3. The number of nitrogens with one attached hydrogen (secondary N) is 1. The van der Waals surface area contributed by atoms with Crippen LogP contribution in [0.25, 0.3) is 0 Å². The first kappa shape index (κ1) is 23.1. The van der Waals surface area contributed by atoms with Crippen LogP contribution in [0.4, 0.5) is 0 Å². The first-order valence-corrected chi connectivity index (χ1v) is 11.3.